The van der Waals surface area contributed by atoms with Crippen LogP contribution in [-0.4, -0.2) is 54.2 Å². The minimum Gasteiger partial charge on any atom is -0.466 e. The van der Waals surface area contributed by atoms with Crippen molar-refractivity contribution in [2.45, 2.75) is 64.3 Å². The molecule has 0 aromatic heterocycles. The van der Waals surface area contributed by atoms with E-state index in [2.05, 4.69) is 10.0 Å². The summed E-state index contributed by atoms with van der Waals surface area (Å²) in [4.78, 5) is 28.6. The monoisotopic (exact) mass is 312 g/mol. The maximum absolute atomic E-state index is 12.2. The lowest BCUT2D eigenvalue weighted by molar-refractivity contribution is -0.161. The zero-order chi connectivity index (χ0) is 16.9. The molecule has 0 saturated carbocycles. The first-order chi connectivity index (χ1) is 10.2. The summed E-state index contributed by atoms with van der Waals surface area (Å²) >= 11 is 0. The SMILES string of the molecule is CCOC(=O)[C@@H](N=[N+]=[N-])[C@@H]1CC[C@@H](C(=O)OC(C)(C)C)N1C. The van der Waals surface area contributed by atoms with Gasteiger partial charge in [0, 0.05) is 11.0 Å². The van der Waals surface area contributed by atoms with Gasteiger partial charge in [-0.1, -0.05) is 5.11 Å². The van der Waals surface area contributed by atoms with Gasteiger partial charge < -0.3 is 9.47 Å². The predicted molar refractivity (Wildman–Crippen MR) is 80.0 cm³/mol. The van der Waals surface area contributed by atoms with Crippen molar-refractivity contribution >= 4 is 11.9 Å². The summed E-state index contributed by atoms with van der Waals surface area (Å²) < 4.78 is 10.3. The van der Waals surface area contributed by atoms with E-state index in [1.165, 1.54) is 0 Å². The van der Waals surface area contributed by atoms with Gasteiger partial charge in [-0.15, -0.1) is 0 Å². The van der Waals surface area contributed by atoms with Crippen molar-refractivity contribution in [1.29, 1.82) is 0 Å². The van der Waals surface area contributed by atoms with Crippen LogP contribution in [0.15, 0.2) is 5.11 Å². The van der Waals surface area contributed by atoms with Crippen molar-refractivity contribution in [3.63, 3.8) is 0 Å². The summed E-state index contributed by atoms with van der Waals surface area (Å²) in [7, 11) is 1.73. The van der Waals surface area contributed by atoms with Crippen molar-refractivity contribution in [2.24, 2.45) is 5.11 Å². The van der Waals surface area contributed by atoms with Crippen LogP contribution in [0, 0.1) is 0 Å². The highest BCUT2D eigenvalue weighted by molar-refractivity contribution is 5.79. The summed E-state index contributed by atoms with van der Waals surface area (Å²) in [6, 6.07) is -1.77. The highest BCUT2D eigenvalue weighted by Gasteiger charge is 2.43. The third-order valence-corrected chi connectivity index (χ3v) is 3.50. The first-order valence-electron chi connectivity index (χ1n) is 7.37. The number of likely N-dealkylation sites (tertiary alicyclic amines) is 1. The lowest BCUT2D eigenvalue weighted by Gasteiger charge is -2.29. The topological polar surface area (TPSA) is 105 Å². The summed E-state index contributed by atoms with van der Waals surface area (Å²) in [5.41, 5.74) is 8.10. The number of carbonyl (C=O) groups is 2. The van der Waals surface area contributed by atoms with Crippen molar-refractivity contribution in [3.05, 3.63) is 10.4 Å². The van der Waals surface area contributed by atoms with Crippen molar-refractivity contribution in [2.75, 3.05) is 13.7 Å². The number of ether oxygens (including phenoxy) is 2. The normalized spacial score (nSPS) is 23.5. The second-order valence-electron chi connectivity index (χ2n) is 6.26. The molecule has 0 spiro atoms. The standard InChI is InChI=1S/C14H24N4O4/c1-6-21-13(20)11(16-17-15)9-7-8-10(18(9)5)12(19)22-14(2,3)4/h9-11H,6-8H2,1-5H3/t9-,10-,11-/m0/s1. The lowest BCUT2D eigenvalue weighted by Crippen LogP contribution is -2.47. The minimum absolute atomic E-state index is 0.211. The molecule has 0 amide bonds. The maximum atomic E-state index is 12.2. The van der Waals surface area contributed by atoms with Crippen molar-refractivity contribution < 1.29 is 19.1 Å². The third-order valence-electron chi connectivity index (χ3n) is 3.50. The van der Waals surface area contributed by atoms with Crippen LogP contribution in [0.1, 0.15) is 40.5 Å². The Kier molecular flexibility index (Phi) is 6.20. The number of esters is 2. The molecule has 1 heterocycles. The van der Waals surface area contributed by atoms with Gasteiger partial charge in [-0.25, -0.2) is 0 Å². The molecule has 22 heavy (non-hydrogen) atoms. The fourth-order valence-corrected chi connectivity index (χ4v) is 2.57. The van der Waals surface area contributed by atoms with E-state index in [0.29, 0.717) is 12.8 Å². The molecule has 0 unspecified atom stereocenters. The van der Waals surface area contributed by atoms with Gasteiger partial charge in [0.1, 0.15) is 11.6 Å². The molecular weight excluding hydrogens is 288 g/mol. The molecule has 1 aliphatic heterocycles. The van der Waals surface area contributed by atoms with Crippen LogP contribution in [-0.2, 0) is 19.1 Å². The first kappa shape index (κ1) is 18.3. The predicted octanol–water partition coefficient (Wildman–Crippen LogP) is 2.03. The number of hydrogen-bond acceptors (Lipinski definition) is 6. The number of hydrogen-bond donors (Lipinski definition) is 0. The van der Waals surface area contributed by atoms with E-state index in [-0.39, 0.29) is 18.6 Å². The quantitative estimate of drug-likeness (QED) is 0.334. The van der Waals surface area contributed by atoms with Gasteiger partial charge in [-0.3, -0.25) is 14.5 Å². The molecule has 1 aliphatic rings. The van der Waals surface area contributed by atoms with Gasteiger partial charge in [0.05, 0.1) is 6.61 Å². The number of rotatable bonds is 5. The van der Waals surface area contributed by atoms with Crippen LogP contribution in [0.2, 0.25) is 0 Å². The molecule has 0 bridgehead atoms. The van der Waals surface area contributed by atoms with Crippen LogP contribution in [0.25, 0.3) is 10.4 Å². The molecule has 0 aromatic carbocycles. The van der Waals surface area contributed by atoms with Crippen molar-refractivity contribution in [1.82, 2.24) is 4.90 Å². The second-order valence-corrected chi connectivity index (χ2v) is 6.26. The maximum Gasteiger partial charge on any atom is 0.323 e. The molecule has 1 rings (SSSR count). The highest BCUT2D eigenvalue weighted by Crippen LogP contribution is 2.28. The van der Waals surface area contributed by atoms with Crippen LogP contribution in [0.5, 0.6) is 0 Å². The Balaban J connectivity index is 2.84. The second kappa shape index (κ2) is 7.47. The van der Waals surface area contributed by atoms with Crippen LogP contribution < -0.4 is 0 Å². The molecule has 8 nitrogen and oxygen atoms in total. The Morgan fingerprint density at radius 1 is 1.41 bits per heavy atom. The van der Waals surface area contributed by atoms with Crippen LogP contribution >= 0.6 is 0 Å². The van der Waals surface area contributed by atoms with Crippen LogP contribution in [0.3, 0.4) is 0 Å². The van der Waals surface area contributed by atoms with Gasteiger partial charge in [0.2, 0.25) is 0 Å². The van der Waals surface area contributed by atoms with E-state index < -0.39 is 23.7 Å². The lowest BCUT2D eigenvalue weighted by atomic mass is 10.1. The molecular formula is C14H24N4O4. The Bertz CT molecular complexity index is 468. The molecule has 8 heteroatoms. The minimum atomic E-state index is -0.956. The summed E-state index contributed by atoms with van der Waals surface area (Å²) in [5, 5.41) is 3.56. The largest absolute Gasteiger partial charge is 0.466 e. The first-order valence-corrected chi connectivity index (χ1v) is 7.37. The number of nitrogens with zero attached hydrogens (tertiary/aromatic N) is 4. The Labute approximate surface area is 130 Å². The smallest absolute Gasteiger partial charge is 0.323 e. The molecule has 0 aromatic rings. The fraction of sp³-hybridized carbons (Fsp3) is 0.857. The summed E-state index contributed by atoms with van der Waals surface area (Å²) in [6.45, 7) is 7.31. The number of azide groups is 1. The summed E-state index contributed by atoms with van der Waals surface area (Å²) in [6.07, 6.45) is 1.11. The van der Waals surface area contributed by atoms with E-state index in [9.17, 15) is 9.59 Å². The number of likely N-dealkylation sites (N-methyl/N-ethyl adjacent to an activating group) is 1. The van der Waals surface area contributed by atoms with E-state index in [0.717, 1.165) is 0 Å². The van der Waals surface area contributed by atoms with E-state index >= 15 is 0 Å². The molecule has 1 saturated heterocycles. The third kappa shape index (κ3) is 4.61. The van der Waals surface area contributed by atoms with Gasteiger partial charge in [-0.2, -0.15) is 0 Å². The molecule has 1 fully saturated rings. The van der Waals surface area contributed by atoms with E-state index in [1.54, 1.807) is 39.6 Å². The molecule has 3 atom stereocenters. The van der Waals surface area contributed by atoms with Crippen LogP contribution in [0.4, 0.5) is 0 Å². The summed E-state index contributed by atoms with van der Waals surface area (Å²) in [5.74, 6) is -0.900. The van der Waals surface area contributed by atoms with Gasteiger partial charge in [-0.05, 0) is 53.1 Å². The van der Waals surface area contributed by atoms with Gasteiger partial charge >= 0.3 is 11.9 Å². The Hall–Kier alpha value is -1.79. The zero-order valence-corrected chi connectivity index (χ0v) is 13.8. The molecule has 124 valence electrons. The zero-order valence-electron chi connectivity index (χ0n) is 13.8. The average Bonchev–Trinajstić information content (AvgIpc) is 2.76. The van der Waals surface area contributed by atoms with Crippen molar-refractivity contribution in [3.8, 4) is 0 Å². The molecule has 0 N–H and O–H groups in total. The van der Waals surface area contributed by atoms with E-state index in [1.807, 2.05) is 0 Å². The molecule has 0 radical (unpaired) electrons. The average molecular weight is 312 g/mol. The Morgan fingerprint density at radius 3 is 2.55 bits per heavy atom. The fourth-order valence-electron chi connectivity index (χ4n) is 2.57. The number of carbonyl (C=O) groups excluding carboxylic acids is 2. The van der Waals surface area contributed by atoms with E-state index in [4.69, 9.17) is 15.0 Å². The Morgan fingerprint density at radius 2 is 2.05 bits per heavy atom. The molecule has 0 aliphatic carbocycles. The van der Waals surface area contributed by atoms with Gasteiger partial charge in [0.25, 0.3) is 0 Å². The highest BCUT2D eigenvalue weighted by atomic mass is 16.6. The van der Waals surface area contributed by atoms with Gasteiger partial charge in [0.15, 0.2) is 6.04 Å².